The van der Waals surface area contributed by atoms with Crippen LogP contribution in [0, 0.1) is 13.8 Å². The van der Waals surface area contributed by atoms with Gasteiger partial charge in [0.15, 0.2) is 0 Å². The maximum Gasteiger partial charge on any atom is 0.0653 e. The predicted octanol–water partition coefficient (Wildman–Crippen LogP) is 2.08. The summed E-state index contributed by atoms with van der Waals surface area (Å²) >= 11 is 0. The van der Waals surface area contributed by atoms with Crippen molar-refractivity contribution in [1.82, 2.24) is 9.78 Å². The van der Waals surface area contributed by atoms with E-state index in [1.807, 2.05) is 0 Å². The summed E-state index contributed by atoms with van der Waals surface area (Å²) < 4.78 is 2.06. The van der Waals surface area contributed by atoms with E-state index < -0.39 is 0 Å². The summed E-state index contributed by atoms with van der Waals surface area (Å²) in [4.78, 5) is 0. The van der Waals surface area contributed by atoms with Gasteiger partial charge in [-0.1, -0.05) is 6.92 Å². The molecule has 2 heteroatoms. The Bertz CT molecular complexity index is 224. The van der Waals surface area contributed by atoms with Crippen LogP contribution >= 0.6 is 0 Å². The van der Waals surface area contributed by atoms with E-state index in [1.165, 1.54) is 17.0 Å². The highest BCUT2D eigenvalue weighted by Crippen LogP contribution is 2.11. The Morgan fingerprint density at radius 1 is 1.27 bits per heavy atom. The van der Waals surface area contributed by atoms with Gasteiger partial charge in [-0.2, -0.15) is 5.10 Å². The monoisotopic (exact) mass is 152 g/mol. The number of aromatic nitrogens is 2. The molecule has 0 aliphatic carbocycles. The van der Waals surface area contributed by atoms with Gasteiger partial charge in [-0.05, 0) is 32.8 Å². The summed E-state index contributed by atoms with van der Waals surface area (Å²) in [6.45, 7) is 9.53. The molecule has 0 atom stereocenters. The van der Waals surface area contributed by atoms with E-state index in [4.69, 9.17) is 0 Å². The van der Waals surface area contributed by atoms with Crippen molar-refractivity contribution in [2.45, 2.75) is 40.7 Å². The molecule has 0 bridgehead atoms. The molecule has 0 saturated carbocycles. The summed E-state index contributed by atoms with van der Waals surface area (Å²) in [7, 11) is 0. The summed E-state index contributed by atoms with van der Waals surface area (Å²) in [6, 6.07) is 0. The minimum atomic E-state index is 0.979. The average Bonchev–Trinajstić information content (AvgIpc) is 2.30. The molecule has 11 heavy (non-hydrogen) atoms. The van der Waals surface area contributed by atoms with E-state index in [1.54, 1.807) is 0 Å². The highest BCUT2D eigenvalue weighted by molar-refractivity contribution is 5.23. The van der Waals surface area contributed by atoms with E-state index in [0.29, 0.717) is 0 Å². The van der Waals surface area contributed by atoms with Crippen LogP contribution < -0.4 is 0 Å². The first kappa shape index (κ1) is 8.31. The van der Waals surface area contributed by atoms with E-state index in [-0.39, 0.29) is 0 Å². The second-order valence-corrected chi connectivity index (χ2v) is 2.83. The molecule has 0 spiro atoms. The zero-order valence-corrected chi connectivity index (χ0v) is 7.81. The lowest BCUT2D eigenvalue weighted by atomic mass is 10.2. The van der Waals surface area contributed by atoms with E-state index in [0.717, 1.165) is 13.0 Å². The molecule has 0 radical (unpaired) electrons. The fourth-order valence-electron chi connectivity index (χ4n) is 1.34. The van der Waals surface area contributed by atoms with Crippen LogP contribution in [0.2, 0.25) is 0 Å². The van der Waals surface area contributed by atoms with Crippen molar-refractivity contribution in [3.8, 4) is 0 Å². The molecule has 62 valence electrons. The van der Waals surface area contributed by atoms with Crippen LogP contribution in [-0.4, -0.2) is 9.78 Å². The van der Waals surface area contributed by atoms with Crippen LogP contribution in [-0.2, 0) is 13.0 Å². The van der Waals surface area contributed by atoms with Gasteiger partial charge in [0.05, 0.1) is 5.69 Å². The van der Waals surface area contributed by atoms with E-state index in [2.05, 4.69) is 37.5 Å². The lowest BCUT2D eigenvalue weighted by Crippen LogP contribution is -1.98. The van der Waals surface area contributed by atoms with Gasteiger partial charge in [0.2, 0.25) is 0 Å². The maximum atomic E-state index is 4.46. The Morgan fingerprint density at radius 2 is 1.91 bits per heavy atom. The largest absolute Gasteiger partial charge is 0.270 e. The fraction of sp³-hybridized carbons (Fsp3) is 0.667. The molecule has 0 aliphatic heterocycles. The lowest BCUT2D eigenvalue weighted by Gasteiger charge is -1.96. The van der Waals surface area contributed by atoms with Crippen LogP contribution in [0.4, 0.5) is 0 Å². The summed E-state index contributed by atoms with van der Waals surface area (Å²) in [5, 5.41) is 4.46. The Labute approximate surface area is 68.2 Å². The Morgan fingerprint density at radius 3 is 2.18 bits per heavy atom. The standard InChI is InChI=1S/C9H16N2/c1-5-9-7(3)8(4)11(6-2)10-9/h5-6H2,1-4H3. The first-order chi connectivity index (χ1) is 5.20. The molecular formula is C9H16N2. The van der Waals surface area contributed by atoms with Crippen LogP contribution in [0.5, 0.6) is 0 Å². The van der Waals surface area contributed by atoms with Crippen LogP contribution in [0.1, 0.15) is 30.8 Å². The normalized spacial score (nSPS) is 10.5. The van der Waals surface area contributed by atoms with Gasteiger partial charge in [0.1, 0.15) is 0 Å². The Hall–Kier alpha value is -0.790. The van der Waals surface area contributed by atoms with Crippen molar-refractivity contribution in [1.29, 1.82) is 0 Å². The summed E-state index contributed by atoms with van der Waals surface area (Å²) in [6.07, 6.45) is 1.04. The van der Waals surface area contributed by atoms with Crippen LogP contribution in [0.3, 0.4) is 0 Å². The lowest BCUT2D eigenvalue weighted by molar-refractivity contribution is 0.630. The molecule has 0 unspecified atom stereocenters. The fourth-order valence-corrected chi connectivity index (χ4v) is 1.34. The number of nitrogens with zero attached hydrogens (tertiary/aromatic N) is 2. The molecule has 2 nitrogen and oxygen atoms in total. The number of hydrogen-bond acceptors (Lipinski definition) is 1. The topological polar surface area (TPSA) is 17.8 Å². The predicted molar refractivity (Wildman–Crippen MR) is 46.8 cm³/mol. The Balaban J connectivity index is 3.12. The second-order valence-electron chi connectivity index (χ2n) is 2.83. The molecule has 1 aromatic heterocycles. The minimum absolute atomic E-state index is 0.979. The van der Waals surface area contributed by atoms with Crippen LogP contribution in [0.25, 0.3) is 0 Å². The van der Waals surface area contributed by atoms with E-state index in [9.17, 15) is 0 Å². The van der Waals surface area contributed by atoms with Crippen LogP contribution in [0.15, 0.2) is 0 Å². The molecule has 0 fully saturated rings. The third kappa shape index (κ3) is 1.30. The van der Waals surface area contributed by atoms with Gasteiger partial charge >= 0.3 is 0 Å². The van der Waals surface area contributed by atoms with Gasteiger partial charge in [0, 0.05) is 12.2 Å². The number of hydrogen-bond donors (Lipinski definition) is 0. The molecule has 1 heterocycles. The molecule has 0 N–H and O–H groups in total. The summed E-state index contributed by atoms with van der Waals surface area (Å²) in [5.41, 5.74) is 3.91. The Kier molecular flexibility index (Phi) is 2.32. The molecule has 0 aliphatic rings. The van der Waals surface area contributed by atoms with Crippen molar-refractivity contribution in [3.05, 3.63) is 17.0 Å². The maximum absolute atomic E-state index is 4.46. The minimum Gasteiger partial charge on any atom is -0.270 e. The van der Waals surface area contributed by atoms with Crippen molar-refractivity contribution in [3.63, 3.8) is 0 Å². The zero-order chi connectivity index (χ0) is 8.43. The second kappa shape index (κ2) is 3.07. The van der Waals surface area contributed by atoms with Gasteiger partial charge < -0.3 is 0 Å². The SMILES string of the molecule is CCc1nn(CC)c(C)c1C. The molecule has 0 saturated heterocycles. The van der Waals surface area contributed by atoms with Gasteiger partial charge in [-0.15, -0.1) is 0 Å². The quantitative estimate of drug-likeness (QED) is 0.634. The molecule has 1 aromatic rings. The van der Waals surface area contributed by atoms with Gasteiger partial charge in [0.25, 0.3) is 0 Å². The molecule has 0 amide bonds. The number of rotatable bonds is 2. The highest BCUT2D eigenvalue weighted by atomic mass is 15.3. The smallest absolute Gasteiger partial charge is 0.0653 e. The van der Waals surface area contributed by atoms with Crippen molar-refractivity contribution in [2.24, 2.45) is 0 Å². The van der Waals surface area contributed by atoms with Gasteiger partial charge in [-0.25, -0.2) is 0 Å². The number of aryl methyl sites for hydroxylation is 2. The summed E-state index contributed by atoms with van der Waals surface area (Å²) in [5.74, 6) is 0. The van der Waals surface area contributed by atoms with Gasteiger partial charge in [-0.3, -0.25) is 4.68 Å². The average molecular weight is 152 g/mol. The molecule has 0 aromatic carbocycles. The third-order valence-electron chi connectivity index (χ3n) is 2.24. The first-order valence-electron chi connectivity index (χ1n) is 4.23. The van der Waals surface area contributed by atoms with Crippen molar-refractivity contribution < 1.29 is 0 Å². The van der Waals surface area contributed by atoms with E-state index >= 15 is 0 Å². The zero-order valence-electron chi connectivity index (χ0n) is 7.81. The first-order valence-corrected chi connectivity index (χ1v) is 4.23. The highest BCUT2D eigenvalue weighted by Gasteiger charge is 2.06. The third-order valence-corrected chi connectivity index (χ3v) is 2.24. The molecule has 1 rings (SSSR count). The van der Waals surface area contributed by atoms with Crippen molar-refractivity contribution in [2.75, 3.05) is 0 Å². The molecular weight excluding hydrogens is 136 g/mol. The van der Waals surface area contributed by atoms with Crippen molar-refractivity contribution >= 4 is 0 Å².